The lowest BCUT2D eigenvalue weighted by Gasteiger charge is -2.06. The highest BCUT2D eigenvalue weighted by Gasteiger charge is 2.08. The summed E-state index contributed by atoms with van der Waals surface area (Å²) in [7, 11) is -1.07. The molecule has 0 aromatic heterocycles. The SMILES string of the molecule is Cc1ccc(S(=O)c2ccccc2)c(C)c1. The standard InChI is InChI=1S/C14H14OS/c1-11-8-9-14(12(2)10-11)16(15)13-6-4-3-5-7-13/h3-10H,1-2H3. The molecular formula is C14H14OS. The second-order valence-corrected chi connectivity index (χ2v) is 5.30. The Hall–Kier alpha value is -1.41. The van der Waals surface area contributed by atoms with Gasteiger partial charge < -0.3 is 0 Å². The summed E-state index contributed by atoms with van der Waals surface area (Å²) < 4.78 is 12.3. The molecule has 0 saturated carbocycles. The van der Waals surface area contributed by atoms with Crippen LogP contribution in [-0.4, -0.2) is 4.21 Å². The molecule has 16 heavy (non-hydrogen) atoms. The van der Waals surface area contributed by atoms with Gasteiger partial charge in [0.25, 0.3) is 0 Å². The Bertz CT molecular complexity index is 518. The third-order valence-electron chi connectivity index (χ3n) is 2.49. The molecule has 0 heterocycles. The zero-order valence-electron chi connectivity index (χ0n) is 9.44. The Kier molecular flexibility index (Phi) is 3.20. The summed E-state index contributed by atoms with van der Waals surface area (Å²) in [6.45, 7) is 4.05. The van der Waals surface area contributed by atoms with E-state index < -0.39 is 10.8 Å². The first kappa shape index (κ1) is 11.1. The molecule has 2 aromatic carbocycles. The van der Waals surface area contributed by atoms with E-state index in [0.717, 1.165) is 15.4 Å². The van der Waals surface area contributed by atoms with Crippen molar-refractivity contribution in [1.29, 1.82) is 0 Å². The summed E-state index contributed by atoms with van der Waals surface area (Å²) in [5, 5.41) is 0. The van der Waals surface area contributed by atoms with Crippen molar-refractivity contribution in [3.63, 3.8) is 0 Å². The molecule has 0 bridgehead atoms. The van der Waals surface area contributed by atoms with Gasteiger partial charge >= 0.3 is 0 Å². The Morgan fingerprint density at radius 2 is 1.62 bits per heavy atom. The number of hydrogen-bond acceptors (Lipinski definition) is 1. The van der Waals surface area contributed by atoms with E-state index in [1.807, 2.05) is 56.3 Å². The van der Waals surface area contributed by atoms with Gasteiger partial charge in [-0.2, -0.15) is 0 Å². The molecule has 0 fully saturated rings. The van der Waals surface area contributed by atoms with Gasteiger partial charge in [0.15, 0.2) is 0 Å². The summed E-state index contributed by atoms with van der Waals surface area (Å²) in [5.41, 5.74) is 2.29. The van der Waals surface area contributed by atoms with Crippen molar-refractivity contribution in [1.82, 2.24) is 0 Å². The van der Waals surface area contributed by atoms with Gasteiger partial charge in [0.1, 0.15) is 0 Å². The largest absolute Gasteiger partial charge is 0.249 e. The van der Waals surface area contributed by atoms with Gasteiger partial charge in [0.05, 0.1) is 10.8 Å². The average molecular weight is 230 g/mol. The second kappa shape index (κ2) is 4.62. The molecule has 2 rings (SSSR count). The lowest BCUT2D eigenvalue weighted by molar-refractivity contribution is 0.682. The maximum absolute atomic E-state index is 12.3. The highest BCUT2D eigenvalue weighted by atomic mass is 32.2. The van der Waals surface area contributed by atoms with E-state index in [4.69, 9.17) is 0 Å². The molecule has 0 radical (unpaired) electrons. The van der Waals surface area contributed by atoms with Crippen LogP contribution in [0.4, 0.5) is 0 Å². The van der Waals surface area contributed by atoms with E-state index >= 15 is 0 Å². The van der Waals surface area contributed by atoms with Crippen LogP contribution in [0.5, 0.6) is 0 Å². The maximum Gasteiger partial charge on any atom is 0.0852 e. The molecule has 2 aromatic rings. The average Bonchev–Trinajstić information content (AvgIpc) is 2.29. The van der Waals surface area contributed by atoms with Crippen LogP contribution < -0.4 is 0 Å². The van der Waals surface area contributed by atoms with Gasteiger partial charge in [-0.15, -0.1) is 0 Å². The first-order valence-corrected chi connectivity index (χ1v) is 6.37. The summed E-state index contributed by atoms with van der Waals surface area (Å²) in [5.74, 6) is 0. The maximum atomic E-state index is 12.3. The van der Waals surface area contributed by atoms with Crippen molar-refractivity contribution in [3.05, 3.63) is 59.7 Å². The number of benzene rings is 2. The predicted molar refractivity (Wildman–Crippen MR) is 67.0 cm³/mol. The second-order valence-electron chi connectivity index (χ2n) is 3.85. The molecule has 0 amide bonds. The van der Waals surface area contributed by atoms with E-state index in [0.29, 0.717) is 0 Å². The number of hydrogen-bond donors (Lipinski definition) is 0. The summed E-state index contributed by atoms with van der Waals surface area (Å²) >= 11 is 0. The minimum absolute atomic E-state index is 0.856. The van der Waals surface area contributed by atoms with Crippen LogP contribution in [0.15, 0.2) is 58.3 Å². The van der Waals surface area contributed by atoms with Gasteiger partial charge in [-0.25, -0.2) is 4.21 Å². The van der Waals surface area contributed by atoms with Gasteiger partial charge in [-0.05, 0) is 37.6 Å². The van der Waals surface area contributed by atoms with E-state index in [2.05, 4.69) is 6.07 Å². The molecule has 0 aliphatic heterocycles. The minimum atomic E-state index is -1.07. The van der Waals surface area contributed by atoms with Gasteiger partial charge in [-0.3, -0.25) is 0 Å². The molecular weight excluding hydrogens is 216 g/mol. The lowest BCUT2D eigenvalue weighted by atomic mass is 10.2. The van der Waals surface area contributed by atoms with Crippen LogP contribution in [0.25, 0.3) is 0 Å². The van der Waals surface area contributed by atoms with Crippen LogP contribution in [-0.2, 0) is 10.8 Å². The number of aryl methyl sites for hydroxylation is 2. The predicted octanol–water partition coefficient (Wildman–Crippen LogP) is 3.47. The highest BCUT2D eigenvalue weighted by molar-refractivity contribution is 7.85. The van der Waals surface area contributed by atoms with Crippen molar-refractivity contribution >= 4 is 10.8 Å². The zero-order valence-corrected chi connectivity index (χ0v) is 10.3. The molecule has 1 nitrogen and oxygen atoms in total. The van der Waals surface area contributed by atoms with Crippen LogP contribution in [0, 0.1) is 13.8 Å². The topological polar surface area (TPSA) is 17.1 Å². The van der Waals surface area contributed by atoms with Crippen LogP contribution in [0.1, 0.15) is 11.1 Å². The summed E-state index contributed by atoms with van der Waals surface area (Å²) in [6.07, 6.45) is 0. The lowest BCUT2D eigenvalue weighted by Crippen LogP contribution is -1.95. The van der Waals surface area contributed by atoms with Crippen molar-refractivity contribution in [2.45, 2.75) is 23.6 Å². The fourth-order valence-corrected chi connectivity index (χ4v) is 2.88. The quantitative estimate of drug-likeness (QED) is 0.772. The molecule has 0 N–H and O–H groups in total. The zero-order chi connectivity index (χ0) is 11.5. The molecule has 0 saturated heterocycles. The minimum Gasteiger partial charge on any atom is -0.249 e. The Balaban J connectivity index is 2.42. The Morgan fingerprint density at radius 3 is 2.25 bits per heavy atom. The van der Waals surface area contributed by atoms with Gasteiger partial charge in [-0.1, -0.05) is 35.9 Å². The highest BCUT2D eigenvalue weighted by Crippen LogP contribution is 2.20. The van der Waals surface area contributed by atoms with E-state index in [-0.39, 0.29) is 0 Å². The molecule has 1 unspecified atom stereocenters. The van der Waals surface area contributed by atoms with Crippen LogP contribution in [0.3, 0.4) is 0 Å². The third-order valence-corrected chi connectivity index (χ3v) is 4.05. The van der Waals surface area contributed by atoms with Crippen molar-refractivity contribution in [2.24, 2.45) is 0 Å². The first-order chi connectivity index (χ1) is 7.68. The van der Waals surface area contributed by atoms with Crippen LogP contribution >= 0.6 is 0 Å². The third kappa shape index (κ3) is 2.22. The Morgan fingerprint density at radius 1 is 0.938 bits per heavy atom. The number of rotatable bonds is 2. The van der Waals surface area contributed by atoms with Crippen molar-refractivity contribution < 1.29 is 4.21 Å². The van der Waals surface area contributed by atoms with Gasteiger partial charge in [0.2, 0.25) is 0 Å². The monoisotopic (exact) mass is 230 g/mol. The molecule has 82 valence electrons. The van der Waals surface area contributed by atoms with Crippen LogP contribution in [0.2, 0.25) is 0 Å². The van der Waals surface area contributed by atoms with E-state index in [1.54, 1.807) is 0 Å². The van der Waals surface area contributed by atoms with Crippen molar-refractivity contribution in [3.8, 4) is 0 Å². The van der Waals surface area contributed by atoms with Gasteiger partial charge in [0, 0.05) is 9.79 Å². The smallest absolute Gasteiger partial charge is 0.0852 e. The summed E-state index contributed by atoms with van der Waals surface area (Å²) in [6, 6.07) is 15.6. The Labute approximate surface area is 98.6 Å². The molecule has 0 aliphatic rings. The first-order valence-electron chi connectivity index (χ1n) is 5.22. The fourth-order valence-electron chi connectivity index (χ4n) is 1.68. The fraction of sp³-hybridized carbons (Fsp3) is 0.143. The molecule has 2 heteroatoms. The molecule has 0 spiro atoms. The van der Waals surface area contributed by atoms with Crippen molar-refractivity contribution in [2.75, 3.05) is 0 Å². The summed E-state index contributed by atoms with van der Waals surface area (Å²) in [4.78, 5) is 1.76. The van der Waals surface area contributed by atoms with E-state index in [1.165, 1.54) is 5.56 Å². The normalized spacial score (nSPS) is 12.4. The molecule has 1 atom stereocenters. The molecule has 0 aliphatic carbocycles. The van der Waals surface area contributed by atoms with E-state index in [9.17, 15) is 4.21 Å².